The van der Waals surface area contributed by atoms with E-state index in [9.17, 15) is 0 Å². The first-order valence-corrected chi connectivity index (χ1v) is 9.88. The Morgan fingerprint density at radius 1 is 1.19 bits per heavy atom. The van der Waals surface area contributed by atoms with Crippen molar-refractivity contribution in [2.45, 2.75) is 38.9 Å². The number of H-pyrrole nitrogens is 1. The summed E-state index contributed by atoms with van der Waals surface area (Å²) in [6.07, 6.45) is 2.49. The Bertz CT molecular complexity index is 902. The molecule has 2 N–H and O–H groups in total. The van der Waals surface area contributed by atoms with Crippen LogP contribution in [0.4, 0.5) is 0 Å². The van der Waals surface area contributed by atoms with Gasteiger partial charge in [0.15, 0.2) is 0 Å². The number of hydrogen-bond acceptors (Lipinski definition) is 3. The van der Waals surface area contributed by atoms with Gasteiger partial charge < -0.3 is 15.0 Å². The van der Waals surface area contributed by atoms with Crippen LogP contribution in [-0.4, -0.2) is 36.1 Å². The van der Waals surface area contributed by atoms with Crippen LogP contribution in [0.25, 0.3) is 10.9 Å². The molecule has 4 heteroatoms. The second-order valence-corrected chi connectivity index (χ2v) is 7.58. The van der Waals surface area contributed by atoms with E-state index in [-0.39, 0.29) is 0 Å². The van der Waals surface area contributed by atoms with E-state index >= 15 is 0 Å². The van der Waals surface area contributed by atoms with Crippen molar-refractivity contribution in [3.63, 3.8) is 0 Å². The zero-order chi connectivity index (χ0) is 18.6. The quantitative estimate of drug-likeness (QED) is 0.688. The van der Waals surface area contributed by atoms with Gasteiger partial charge in [0.25, 0.3) is 0 Å². The van der Waals surface area contributed by atoms with Crippen LogP contribution in [0.1, 0.15) is 29.7 Å². The molecule has 0 bridgehead atoms. The zero-order valence-corrected chi connectivity index (χ0v) is 16.3. The first-order chi connectivity index (χ1) is 13.2. The lowest BCUT2D eigenvalue weighted by molar-refractivity contribution is 0.182. The van der Waals surface area contributed by atoms with Gasteiger partial charge in [-0.2, -0.15) is 0 Å². The summed E-state index contributed by atoms with van der Waals surface area (Å²) in [5.41, 5.74) is 5.22. The molecule has 2 aromatic carbocycles. The van der Waals surface area contributed by atoms with Crippen LogP contribution in [0.5, 0.6) is 5.75 Å². The Labute approximate surface area is 161 Å². The van der Waals surface area contributed by atoms with Gasteiger partial charge in [-0.1, -0.05) is 30.3 Å². The second-order valence-electron chi connectivity index (χ2n) is 7.58. The van der Waals surface area contributed by atoms with E-state index in [0.717, 1.165) is 25.4 Å². The highest BCUT2D eigenvalue weighted by Gasteiger charge is 2.20. The zero-order valence-electron chi connectivity index (χ0n) is 16.3. The molecule has 27 heavy (non-hydrogen) atoms. The molecule has 0 spiro atoms. The number of aromatic amines is 1. The van der Waals surface area contributed by atoms with Crippen LogP contribution >= 0.6 is 0 Å². The van der Waals surface area contributed by atoms with Gasteiger partial charge in [-0.25, -0.2) is 0 Å². The number of benzene rings is 2. The number of methoxy groups -OCH3 is 1. The monoisotopic (exact) mass is 363 g/mol. The molecular formula is C23H29N3O. The van der Waals surface area contributed by atoms with Crippen LogP contribution < -0.4 is 10.1 Å². The van der Waals surface area contributed by atoms with Crippen LogP contribution in [0, 0.1) is 6.92 Å². The number of ether oxygens (including phenoxy) is 1. The minimum absolute atomic E-state index is 0.537. The Morgan fingerprint density at radius 2 is 2.07 bits per heavy atom. The normalized spacial score (nSPS) is 18.1. The summed E-state index contributed by atoms with van der Waals surface area (Å²) in [6, 6.07) is 17.5. The second kappa shape index (κ2) is 8.15. The maximum Gasteiger partial charge on any atom is 0.119 e. The van der Waals surface area contributed by atoms with E-state index in [1.807, 2.05) is 6.07 Å². The summed E-state index contributed by atoms with van der Waals surface area (Å²) in [5.74, 6) is 0.938. The number of fused-ring (bicyclic) bond motifs is 1. The molecule has 3 aromatic rings. The van der Waals surface area contributed by atoms with Gasteiger partial charge >= 0.3 is 0 Å². The van der Waals surface area contributed by atoms with Gasteiger partial charge in [-0.3, -0.25) is 4.90 Å². The van der Waals surface area contributed by atoms with Gasteiger partial charge in [-0.05, 0) is 55.6 Å². The van der Waals surface area contributed by atoms with Crippen molar-refractivity contribution in [3.8, 4) is 5.75 Å². The molecule has 142 valence electrons. The van der Waals surface area contributed by atoms with Gasteiger partial charge in [0.2, 0.25) is 0 Å². The minimum atomic E-state index is 0.537. The van der Waals surface area contributed by atoms with E-state index in [0.29, 0.717) is 6.04 Å². The minimum Gasteiger partial charge on any atom is -0.497 e. The summed E-state index contributed by atoms with van der Waals surface area (Å²) in [4.78, 5) is 6.13. The number of aryl methyl sites for hydroxylation is 1. The Hall–Kier alpha value is -2.30. The van der Waals surface area contributed by atoms with Crippen molar-refractivity contribution in [1.82, 2.24) is 15.2 Å². The van der Waals surface area contributed by atoms with Crippen molar-refractivity contribution in [2.24, 2.45) is 0 Å². The van der Waals surface area contributed by atoms with Gasteiger partial charge in [0.05, 0.1) is 7.11 Å². The number of rotatable bonds is 6. The Balaban J connectivity index is 1.36. The first-order valence-electron chi connectivity index (χ1n) is 9.88. The van der Waals surface area contributed by atoms with Gasteiger partial charge in [0, 0.05) is 42.3 Å². The Kier molecular flexibility index (Phi) is 5.46. The van der Waals surface area contributed by atoms with Crippen LogP contribution in [0.15, 0.2) is 48.5 Å². The molecule has 0 aliphatic carbocycles. The lowest BCUT2D eigenvalue weighted by Gasteiger charge is -2.33. The molecule has 0 saturated carbocycles. The number of nitrogens with zero attached hydrogens (tertiary/aromatic N) is 1. The molecule has 1 unspecified atom stereocenters. The smallest absolute Gasteiger partial charge is 0.119 e. The van der Waals surface area contributed by atoms with Gasteiger partial charge in [0.1, 0.15) is 5.75 Å². The summed E-state index contributed by atoms with van der Waals surface area (Å²) >= 11 is 0. The average molecular weight is 364 g/mol. The summed E-state index contributed by atoms with van der Waals surface area (Å²) in [5, 5.41) is 5.11. The van der Waals surface area contributed by atoms with E-state index < -0.39 is 0 Å². The average Bonchev–Trinajstić information content (AvgIpc) is 3.03. The highest BCUT2D eigenvalue weighted by molar-refractivity contribution is 5.84. The number of piperidine rings is 1. The number of likely N-dealkylation sites (tertiary alicyclic amines) is 1. The Morgan fingerprint density at radius 3 is 2.93 bits per heavy atom. The van der Waals surface area contributed by atoms with Crippen molar-refractivity contribution in [1.29, 1.82) is 0 Å². The van der Waals surface area contributed by atoms with E-state index in [2.05, 4.69) is 64.6 Å². The topological polar surface area (TPSA) is 40.3 Å². The molecular weight excluding hydrogens is 334 g/mol. The SMILES string of the molecule is COc1cccc(CN2CCCC(NCc3[nH]c4ccccc4c3C)C2)c1. The number of nitrogens with one attached hydrogen (secondary N) is 2. The molecule has 1 saturated heterocycles. The third kappa shape index (κ3) is 4.18. The fourth-order valence-corrected chi connectivity index (χ4v) is 4.16. The largest absolute Gasteiger partial charge is 0.497 e. The van der Waals surface area contributed by atoms with Crippen molar-refractivity contribution in [2.75, 3.05) is 20.2 Å². The van der Waals surface area contributed by atoms with Crippen LogP contribution in [-0.2, 0) is 13.1 Å². The standard InChI is InChI=1S/C23H29N3O/c1-17-21-10-3-4-11-22(21)25-23(17)14-24-19-8-6-12-26(16-19)15-18-7-5-9-20(13-18)27-2/h3-5,7,9-11,13,19,24-25H,6,8,12,14-16H2,1-2H3. The first kappa shape index (κ1) is 18.1. The van der Waals surface area contributed by atoms with Crippen molar-refractivity contribution in [3.05, 3.63) is 65.4 Å². The summed E-state index contributed by atoms with van der Waals surface area (Å²) in [7, 11) is 1.73. The highest BCUT2D eigenvalue weighted by atomic mass is 16.5. The molecule has 0 amide bonds. The lowest BCUT2D eigenvalue weighted by Crippen LogP contribution is -2.45. The fraction of sp³-hybridized carbons (Fsp3) is 0.391. The molecule has 2 heterocycles. The lowest BCUT2D eigenvalue weighted by atomic mass is 10.0. The molecule has 1 atom stereocenters. The third-order valence-electron chi connectivity index (χ3n) is 5.68. The van der Waals surface area contributed by atoms with E-state index in [1.54, 1.807) is 7.11 Å². The van der Waals surface area contributed by atoms with Crippen LogP contribution in [0.3, 0.4) is 0 Å². The predicted molar refractivity (Wildman–Crippen MR) is 111 cm³/mol. The molecule has 4 rings (SSSR count). The maximum atomic E-state index is 5.35. The van der Waals surface area contributed by atoms with E-state index in [1.165, 1.54) is 47.1 Å². The van der Waals surface area contributed by atoms with Gasteiger partial charge in [-0.15, -0.1) is 0 Å². The maximum absolute atomic E-state index is 5.35. The summed E-state index contributed by atoms with van der Waals surface area (Å²) < 4.78 is 5.35. The van der Waals surface area contributed by atoms with Crippen LogP contribution in [0.2, 0.25) is 0 Å². The third-order valence-corrected chi connectivity index (χ3v) is 5.68. The number of hydrogen-bond donors (Lipinski definition) is 2. The molecule has 0 radical (unpaired) electrons. The molecule has 1 aliphatic heterocycles. The number of aromatic nitrogens is 1. The predicted octanol–water partition coefficient (Wildman–Crippen LogP) is 4.24. The molecule has 4 nitrogen and oxygen atoms in total. The van der Waals surface area contributed by atoms with Crippen molar-refractivity contribution < 1.29 is 4.74 Å². The molecule has 1 fully saturated rings. The van der Waals surface area contributed by atoms with E-state index in [4.69, 9.17) is 4.74 Å². The van der Waals surface area contributed by atoms with Crippen molar-refractivity contribution >= 4 is 10.9 Å². The summed E-state index contributed by atoms with van der Waals surface area (Å²) in [6.45, 7) is 6.36. The fourth-order valence-electron chi connectivity index (χ4n) is 4.16. The molecule has 1 aromatic heterocycles. The highest BCUT2D eigenvalue weighted by Crippen LogP contribution is 2.22. The number of para-hydroxylation sites is 1. The molecule has 1 aliphatic rings.